The van der Waals surface area contributed by atoms with E-state index in [0.29, 0.717) is 32.0 Å². The highest BCUT2D eigenvalue weighted by molar-refractivity contribution is 8.26. The Morgan fingerprint density at radius 1 is 1.15 bits per heavy atom. The number of hydrogen-bond acceptors (Lipinski definition) is 6. The maximum atomic E-state index is 11.7. The molecule has 1 saturated heterocycles. The van der Waals surface area contributed by atoms with Crippen molar-refractivity contribution in [1.82, 2.24) is 5.32 Å². The van der Waals surface area contributed by atoms with Crippen molar-refractivity contribution < 1.29 is 19.0 Å². The number of carbonyl (C=O) groups excluding carboxylic acids is 1. The fourth-order valence-corrected chi connectivity index (χ4v) is 2.84. The molecule has 0 aromatic heterocycles. The van der Waals surface area contributed by atoms with Gasteiger partial charge in [0.1, 0.15) is 4.32 Å². The van der Waals surface area contributed by atoms with Crippen molar-refractivity contribution in [3.8, 4) is 17.2 Å². The van der Waals surface area contributed by atoms with Gasteiger partial charge in [-0.1, -0.05) is 24.0 Å². The first-order valence-corrected chi connectivity index (χ1v) is 6.87. The van der Waals surface area contributed by atoms with Crippen molar-refractivity contribution in [2.24, 2.45) is 0 Å². The molecule has 0 spiro atoms. The third-order valence-corrected chi connectivity index (χ3v) is 3.83. The Hall–Kier alpha value is -1.73. The number of rotatable bonds is 4. The van der Waals surface area contributed by atoms with Gasteiger partial charge in [0.2, 0.25) is 5.75 Å². The third kappa shape index (κ3) is 2.73. The summed E-state index contributed by atoms with van der Waals surface area (Å²) in [6.07, 6.45) is 1.71. The lowest BCUT2D eigenvalue weighted by molar-refractivity contribution is -0.115. The summed E-state index contributed by atoms with van der Waals surface area (Å²) < 4.78 is 16.3. The predicted octanol–water partition coefficient (Wildman–Crippen LogP) is 2.20. The number of ether oxygens (including phenoxy) is 3. The van der Waals surface area contributed by atoms with Gasteiger partial charge in [-0.2, -0.15) is 0 Å². The lowest BCUT2D eigenvalue weighted by atomic mass is 10.1. The fraction of sp³-hybridized carbons (Fsp3) is 0.231. The van der Waals surface area contributed by atoms with Crippen molar-refractivity contribution in [3.63, 3.8) is 0 Å². The lowest BCUT2D eigenvalue weighted by Crippen LogP contribution is -2.17. The van der Waals surface area contributed by atoms with Gasteiger partial charge < -0.3 is 19.5 Å². The van der Waals surface area contributed by atoms with Gasteiger partial charge >= 0.3 is 0 Å². The van der Waals surface area contributed by atoms with Gasteiger partial charge in [-0.3, -0.25) is 4.79 Å². The second-order valence-electron chi connectivity index (χ2n) is 3.78. The van der Waals surface area contributed by atoms with E-state index in [4.69, 9.17) is 26.4 Å². The van der Waals surface area contributed by atoms with Gasteiger partial charge in [0.15, 0.2) is 11.5 Å². The molecule has 1 fully saturated rings. The van der Waals surface area contributed by atoms with Crippen molar-refractivity contribution in [2.45, 2.75) is 0 Å². The number of amides is 1. The summed E-state index contributed by atoms with van der Waals surface area (Å²) in [5.41, 5.74) is 0.715. The molecule has 0 saturated carbocycles. The molecule has 1 aromatic carbocycles. The number of carbonyl (C=O) groups is 1. The molecular weight excluding hydrogens is 298 g/mol. The molecule has 20 heavy (non-hydrogen) atoms. The van der Waals surface area contributed by atoms with Gasteiger partial charge in [-0.05, 0) is 18.2 Å². The molecule has 1 amide bonds. The molecule has 7 heteroatoms. The van der Waals surface area contributed by atoms with Crippen molar-refractivity contribution in [2.75, 3.05) is 21.3 Å². The van der Waals surface area contributed by atoms with Crippen molar-refractivity contribution in [3.05, 3.63) is 22.6 Å². The van der Waals surface area contributed by atoms with Crippen LogP contribution in [0.1, 0.15) is 5.56 Å². The Labute approximate surface area is 126 Å². The van der Waals surface area contributed by atoms with Crippen LogP contribution in [0.3, 0.4) is 0 Å². The van der Waals surface area contributed by atoms with E-state index >= 15 is 0 Å². The van der Waals surface area contributed by atoms with E-state index in [-0.39, 0.29) is 5.91 Å². The molecule has 5 nitrogen and oxygen atoms in total. The van der Waals surface area contributed by atoms with E-state index in [1.54, 1.807) is 25.3 Å². The summed E-state index contributed by atoms with van der Waals surface area (Å²) in [6.45, 7) is 0. The van der Waals surface area contributed by atoms with Crippen LogP contribution in [0.25, 0.3) is 6.08 Å². The van der Waals surface area contributed by atoms with Crippen LogP contribution in [0.4, 0.5) is 0 Å². The number of nitrogens with one attached hydrogen (secondary N) is 1. The minimum Gasteiger partial charge on any atom is -0.493 e. The Bertz CT molecular complexity index is 598. The van der Waals surface area contributed by atoms with Crippen LogP contribution in [0.2, 0.25) is 0 Å². The second-order valence-corrected chi connectivity index (χ2v) is 5.49. The van der Waals surface area contributed by atoms with Gasteiger partial charge in [0, 0.05) is 5.56 Å². The van der Waals surface area contributed by atoms with Gasteiger partial charge in [-0.25, -0.2) is 0 Å². The smallest absolute Gasteiger partial charge is 0.263 e. The molecule has 0 aliphatic carbocycles. The van der Waals surface area contributed by atoms with Crippen LogP contribution >= 0.6 is 24.0 Å². The zero-order chi connectivity index (χ0) is 14.7. The van der Waals surface area contributed by atoms with E-state index in [9.17, 15) is 4.79 Å². The molecule has 0 atom stereocenters. The standard InChI is InChI=1S/C13H13NO4S2/c1-16-8-5-4-7(10(17-2)11(8)18-3)6-9-12(15)14-13(19)20-9/h4-6H,1-3H3,(H,14,15,19). The molecule has 1 aliphatic rings. The van der Waals surface area contributed by atoms with E-state index in [1.165, 1.54) is 26.0 Å². The summed E-state index contributed by atoms with van der Waals surface area (Å²) in [5, 5.41) is 2.57. The number of thioether (sulfide) groups is 1. The normalized spacial score (nSPS) is 16.2. The number of benzene rings is 1. The lowest BCUT2D eigenvalue weighted by Gasteiger charge is -2.14. The molecule has 0 unspecified atom stereocenters. The molecule has 1 N–H and O–H groups in total. The molecule has 1 aliphatic heterocycles. The first kappa shape index (κ1) is 14.7. The van der Waals surface area contributed by atoms with Crippen LogP contribution in [0.5, 0.6) is 17.2 Å². The second kappa shape index (κ2) is 6.15. The highest BCUT2D eigenvalue weighted by Gasteiger charge is 2.23. The van der Waals surface area contributed by atoms with Crippen LogP contribution in [0, 0.1) is 0 Å². The maximum Gasteiger partial charge on any atom is 0.263 e. The van der Waals surface area contributed by atoms with Crippen LogP contribution in [-0.4, -0.2) is 31.6 Å². The average molecular weight is 311 g/mol. The summed E-state index contributed by atoms with van der Waals surface area (Å²) in [7, 11) is 4.61. The number of methoxy groups -OCH3 is 3. The number of thiocarbonyl (C=S) groups is 1. The Balaban J connectivity index is 2.50. The third-order valence-electron chi connectivity index (χ3n) is 2.66. The Morgan fingerprint density at radius 3 is 2.35 bits per heavy atom. The van der Waals surface area contributed by atoms with Crippen LogP contribution in [0.15, 0.2) is 17.0 Å². The number of hydrogen-bond donors (Lipinski definition) is 1. The van der Waals surface area contributed by atoms with Gasteiger partial charge in [0.25, 0.3) is 5.91 Å². The molecule has 0 radical (unpaired) electrons. The van der Waals surface area contributed by atoms with Crippen molar-refractivity contribution >= 4 is 40.3 Å². The zero-order valence-corrected chi connectivity index (χ0v) is 12.8. The summed E-state index contributed by atoms with van der Waals surface area (Å²) in [5.74, 6) is 1.34. The highest BCUT2D eigenvalue weighted by atomic mass is 32.2. The molecule has 1 heterocycles. The van der Waals surface area contributed by atoms with Gasteiger partial charge in [-0.15, -0.1) is 0 Å². The monoisotopic (exact) mass is 311 g/mol. The Kier molecular flexibility index (Phi) is 4.51. The molecule has 1 aromatic rings. The zero-order valence-electron chi connectivity index (χ0n) is 11.2. The van der Waals surface area contributed by atoms with E-state index in [0.717, 1.165) is 0 Å². The first-order valence-electron chi connectivity index (χ1n) is 5.64. The minimum atomic E-state index is -0.211. The Morgan fingerprint density at radius 2 is 1.85 bits per heavy atom. The van der Waals surface area contributed by atoms with Crippen LogP contribution in [-0.2, 0) is 4.79 Å². The molecule has 106 valence electrons. The summed E-state index contributed by atoms with van der Waals surface area (Å²) >= 11 is 6.17. The fourth-order valence-electron chi connectivity index (χ4n) is 1.80. The first-order chi connectivity index (χ1) is 9.60. The summed E-state index contributed by atoms with van der Waals surface area (Å²) in [6, 6.07) is 3.55. The maximum absolute atomic E-state index is 11.7. The van der Waals surface area contributed by atoms with E-state index in [1.807, 2.05) is 0 Å². The van der Waals surface area contributed by atoms with E-state index < -0.39 is 0 Å². The average Bonchev–Trinajstić information content (AvgIpc) is 2.76. The summed E-state index contributed by atoms with van der Waals surface area (Å²) in [4.78, 5) is 12.2. The minimum absolute atomic E-state index is 0.211. The quantitative estimate of drug-likeness (QED) is 0.679. The van der Waals surface area contributed by atoms with E-state index in [2.05, 4.69) is 5.32 Å². The van der Waals surface area contributed by atoms with Crippen molar-refractivity contribution in [1.29, 1.82) is 0 Å². The van der Waals surface area contributed by atoms with Crippen LogP contribution < -0.4 is 19.5 Å². The molecule has 2 rings (SSSR count). The topological polar surface area (TPSA) is 56.8 Å². The SMILES string of the molecule is COc1ccc(C=C2SC(=S)NC2=O)c(OC)c1OC. The largest absolute Gasteiger partial charge is 0.493 e. The van der Waals surface area contributed by atoms with Gasteiger partial charge in [0.05, 0.1) is 26.2 Å². The molecule has 0 bridgehead atoms. The predicted molar refractivity (Wildman–Crippen MR) is 82.4 cm³/mol. The molecular formula is C13H13NO4S2. The highest BCUT2D eigenvalue weighted by Crippen LogP contribution is 2.41.